The molecule has 4 N–H and O–H groups in total. The van der Waals surface area contributed by atoms with Crippen molar-refractivity contribution in [2.24, 2.45) is 5.41 Å². The molecule has 0 amide bonds. The molecule has 0 saturated heterocycles. The molecule has 1 aromatic heterocycles. The number of benzene rings is 1. The van der Waals surface area contributed by atoms with Gasteiger partial charge in [0.25, 0.3) is 0 Å². The highest BCUT2D eigenvalue weighted by Crippen LogP contribution is 2.30. The molecule has 0 aliphatic carbocycles. The Balaban J connectivity index is 2.07. The van der Waals surface area contributed by atoms with Crippen LogP contribution < -0.4 is 11.1 Å². The number of nitrogen functional groups attached to an aromatic ring is 1. The fourth-order valence-electron chi connectivity index (χ4n) is 2.26. The minimum atomic E-state index is -0.387. The van der Waals surface area contributed by atoms with E-state index in [1.807, 2.05) is 19.1 Å². The minimum absolute atomic E-state index is 0.114. The van der Waals surface area contributed by atoms with E-state index in [2.05, 4.69) is 31.1 Å². The number of rotatable bonds is 4. The number of nitrogens with two attached hydrogens (primary N) is 1. The Hall–Kier alpha value is -1.33. The predicted octanol–water partition coefficient (Wildman–Crippen LogP) is 3.40. The van der Waals surface area contributed by atoms with Crippen LogP contribution in [0, 0.1) is 12.3 Å². The lowest BCUT2D eigenvalue weighted by molar-refractivity contribution is 0.132. The Kier molecular flexibility index (Phi) is 4.20. The molecule has 1 atom stereocenters. The molecule has 0 radical (unpaired) electrons. The van der Waals surface area contributed by atoms with Crippen LogP contribution in [0.5, 0.6) is 0 Å². The van der Waals surface area contributed by atoms with Gasteiger partial charge in [-0.25, -0.2) is 4.98 Å². The summed E-state index contributed by atoms with van der Waals surface area (Å²) in [4.78, 5) is 4.46. The summed E-state index contributed by atoms with van der Waals surface area (Å²) in [5.41, 5.74) is 8.65. The molecule has 0 saturated carbocycles. The average Bonchev–Trinajstić information content (AvgIpc) is 2.62. The van der Waals surface area contributed by atoms with Crippen LogP contribution >= 0.6 is 11.3 Å². The van der Waals surface area contributed by atoms with Gasteiger partial charge in [0.15, 0.2) is 0 Å². The molecule has 0 bridgehead atoms. The molecule has 0 spiro atoms. The van der Waals surface area contributed by atoms with E-state index in [4.69, 9.17) is 5.73 Å². The number of anilines is 2. The van der Waals surface area contributed by atoms with Crippen molar-refractivity contribution in [3.63, 3.8) is 0 Å². The Bertz CT molecular complexity index is 601. The first-order valence-electron chi connectivity index (χ1n) is 6.83. The lowest BCUT2D eigenvalue weighted by Gasteiger charge is -2.23. The summed E-state index contributed by atoms with van der Waals surface area (Å²) in [7, 11) is 0. The van der Waals surface area contributed by atoms with Crippen molar-refractivity contribution >= 4 is 32.9 Å². The van der Waals surface area contributed by atoms with Gasteiger partial charge in [-0.2, -0.15) is 0 Å². The number of nitrogens with zero attached hydrogens (tertiary/aromatic N) is 1. The van der Waals surface area contributed by atoms with Crippen molar-refractivity contribution in [1.82, 2.24) is 4.98 Å². The number of nitrogens with one attached hydrogen (secondary N) is 1. The van der Waals surface area contributed by atoms with Gasteiger partial charge in [0.1, 0.15) is 0 Å². The largest absolute Gasteiger partial charge is 0.397 e. The van der Waals surface area contributed by atoms with Crippen LogP contribution in [0.25, 0.3) is 10.2 Å². The van der Waals surface area contributed by atoms with Gasteiger partial charge in [0.05, 0.1) is 32.7 Å². The van der Waals surface area contributed by atoms with E-state index in [9.17, 15) is 5.11 Å². The molecule has 1 unspecified atom stereocenters. The van der Waals surface area contributed by atoms with Crippen LogP contribution in [0.4, 0.5) is 11.4 Å². The zero-order valence-corrected chi connectivity index (χ0v) is 13.3. The molecule has 0 aliphatic rings. The summed E-state index contributed by atoms with van der Waals surface area (Å²) >= 11 is 1.64. The summed E-state index contributed by atoms with van der Waals surface area (Å²) in [6.45, 7) is 8.84. The number of aryl methyl sites for hydroxylation is 1. The second-order valence-electron chi connectivity index (χ2n) is 6.44. The summed E-state index contributed by atoms with van der Waals surface area (Å²) in [5.74, 6) is 0. The van der Waals surface area contributed by atoms with Crippen LogP contribution in [0.15, 0.2) is 12.1 Å². The van der Waals surface area contributed by atoms with Crippen molar-refractivity contribution in [3.8, 4) is 0 Å². The van der Waals surface area contributed by atoms with E-state index in [-0.39, 0.29) is 11.5 Å². The van der Waals surface area contributed by atoms with Gasteiger partial charge in [-0.15, -0.1) is 11.3 Å². The summed E-state index contributed by atoms with van der Waals surface area (Å²) in [6, 6.07) is 3.90. The standard InChI is InChI=1S/C15H23N3OS/c1-9-18-13-6-12(11(16)5-14(13)20-9)17-8-10(19)7-15(2,3)4/h5-6,10,17,19H,7-8,16H2,1-4H3. The van der Waals surface area contributed by atoms with Gasteiger partial charge < -0.3 is 16.2 Å². The zero-order valence-electron chi connectivity index (χ0n) is 12.5. The van der Waals surface area contributed by atoms with E-state index in [0.717, 1.165) is 27.3 Å². The molecule has 4 nitrogen and oxygen atoms in total. The highest BCUT2D eigenvalue weighted by Gasteiger charge is 2.16. The molecule has 0 fully saturated rings. The van der Waals surface area contributed by atoms with E-state index < -0.39 is 0 Å². The van der Waals surface area contributed by atoms with Gasteiger partial charge in [-0.1, -0.05) is 20.8 Å². The second-order valence-corrected chi connectivity index (χ2v) is 7.67. The minimum Gasteiger partial charge on any atom is -0.397 e. The SMILES string of the molecule is Cc1nc2cc(NCC(O)CC(C)(C)C)c(N)cc2s1. The maximum atomic E-state index is 10.0. The van der Waals surface area contributed by atoms with Crippen molar-refractivity contribution in [2.75, 3.05) is 17.6 Å². The molecule has 110 valence electrons. The smallest absolute Gasteiger partial charge is 0.0907 e. The molecular weight excluding hydrogens is 270 g/mol. The van der Waals surface area contributed by atoms with Crippen LogP contribution in [-0.2, 0) is 0 Å². The first kappa shape index (κ1) is 15.1. The second kappa shape index (κ2) is 5.58. The summed E-state index contributed by atoms with van der Waals surface area (Å²) in [5, 5.41) is 14.3. The first-order valence-corrected chi connectivity index (χ1v) is 7.65. The number of aliphatic hydroxyl groups is 1. The van der Waals surface area contributed by atoms with Gasteiger partial charge in [-0.05, 0) is 30.9 Å². The van der Waals surface area contributed by atoms with Crippen molar-refractivity contribution < 1.29 is 5.11 Å². The van der Waals surface area contributed by atoms with Gasteiger partial charge >= 0.3 is 0 Å². The van der Waals surface area contributed by atoms with Crippen LogP contribution in [0.1, 0.15) is 32.2 Å². The lowest BCUT2D eigenvalue weighted by Crippen LogP contribution is -2.25. The fraction of sp³-hybridized carbons (Fsp3) is 0.533. The molecule has 1 aromatic carbocycles. The molecule has 2 rings (SSSR count). The number of thiazole rings is 1. The van der Waals surface area contributed by atoms with E-state index in [0.29, 0.717) is 12.2 Å². The number of aromatic nitrogens is 1. The molecule has 1 heterocycles. The lowest BCUT2D eigenvalue weighted by atomic mass is 9.89. The Morgan fingerprint density at radius 3 is 2.75 bits per heavy atom. The third-order valence-electron chi connectivity index (χ3n) is 3.04. The number of hydrogen-bond acceptors (Lipinski definition) is 5. The highest BCUT2D eigenvalue weighted by atomic mass is 32.1. The Morgan fingerprint density at radius 2 is 2.10 bits per heavy atom. The van der Waals surface area contributed by atoms with E-state index in [1.54, 1.807) is 11.3 Å². The first-order chi connectivity index (χ1) is 9.24. The molecule has 0 aliphatic heterocycles. The topological polar surface area (TPSA) is 71.2 Å². The van der Waals surface area contributed by atoms with Crippen LogP contribution in [0.2, 0.25) is 0 Å². The molecule has 20 heavy (non-hydrogen) atoms. The van der Waals surface area contributed by atoms with Crippen molar-refractivity contribution in [2.45, 2.75) is 40.2 Å². The number of fused-ring (bicyclic) bond motifs is 1. The third-order valence-corrected chi connectivity index (χ3v) is 3.98. The van der Waals surface area contributed by atoms with Crippen LogP contribution in [-0.4, -0.2) is 22.7 Å². The van der Waals surface area contributed by atoms with Gasteiger partial charge in [0, 0.05) is 6.54 Å². The number of hydrogen-bond donors (Lipinski definition) is 3. The Labute approximate surface area is 124 Å². The molecule has 2 aromatic rings. The third kappa shape index (κ3) is 3.84. The zero-order chi connectivity index (χ0) is 14.9. The maximum Gasteiger partial charge on any atom is 0.0907 e. The van der Waals surface area contributed by atoms with E-state index in [1.165, 1.54) is 0 Å². The summed E-state index contributed by atoms with van der Waals surface area (Å²) < 4.78 is 1.10. The molecular formula is C15H23N3OS. The fourth-order valence-corrected chi connectivity index (χ4v) is 3.12. The van der Waals surface area contributed by atoms with Gasteiger partial charge in [-0.3, -0.25) is 0 Å². The van der Waals surface area contributed by atoms with Crippen molar-refractivity contribution in [1.29, 1.82) is 0 Å². The van der Waals surface area contributed by atoms with Gasteiger partial charge in [0.2, 0.25) is 0 Å². The summed E-state index contributed by atoms with van der Waals surface area (Å²) in [6.07, 6.45) is 0.361. The number of aliphatic hydroxyl groups excluding tert-OH is 1. The molecule has 5 heteroatoms. The van der Waals surface area contributed by atoms with Crippen molar-refractivity contribution in [3.05, 3.63) is 17.1 Å². The quantitative estimate of drug-likeness (QED) is 0.756. The predicted molar refractivity (Wildman–Crippen MR) is 87.3 cm³/mol. The average molecular weight is 293 g/mol. The monoisotopic (exact) mass is 293 g/mol. The highest BCUT2D eigenvalue weighted by molar-refractivity contribution is 7.18. The van der Waals surface area contributed by atoms with Crippen LogP contribution in [0.3, 0.4) is 0 Å². The normalized spacial score (nSPS) is 13.7. The van der Waals surface area contributed by atoms with E-state index >= 15 is 0 Å². The Morgan fingerprint density at radius 1 is 1.40 bits per heavy atom. The maximum absolute atomic E-state index is 10.0.